The summed E-state index contributed by atoms with van der Waals surface area (Å²) in [4.78, 5) is 0. The Kier molecular flexibility index (Phi) is 9.63. The Labute approximate surface area is 125 Å². The molecule has 0 radical (unpaired) electrons. The fourth-order valence-corrected chi connectivity index (χ4v) is 2.91. The van der Waals surface area contributed by atoms with E-state index in [-0.39, 0.29) is 6.04 Å². The molecule has 0 spiro atoms. The minimum atomic E-state index is -3.38. The number of hydrogen-bond acceptors (Lipinski definition) is 3. The van der Waals surface area contributed by atoms with Crippen LogP contribution in [0.3, 0.4) is 0 Å². The quantitative estimate of drug-likeness (QED) is 0.612. The Morgan fingerprint density at radius 2 is 1.40 bits per heavy atom. The van der Waals surface area contributed by atoms with Crippen LogP contribution in [0, 0.1) is 11.8 Å². The van der Waals surface area contributed by atoms with E-state index >= 15 is 0 Å². The average Bonchev–Trinajstić information content (AvgIpc) is 2.26. The maximum Gasteiger partial charge on any atom is 0.279 e. The van der Waals surface area contributed by atoms with Crippen LogP contribution in [0.25, 0.3) is 0 Å². The van der Waals surface area contributed by atoms with Crippen LogP contribution in [-0.2, 0) is 10.2 Å². The van der Waals surface area contributed by atoms with Gasteiger partial charge in [-0.2, -0.15) is 12.7 Å². The van der Waals surface area contributed by atoms with Crippen LogP contribution in [0.4, 0.5) is 0 Å². The maximum atomic E-state index is 12.3. The Balaban J connectivity index is 4.53. The zero-order chi connectivity index (χ0) is 15.8. The van der Waals surface area contributed by atoms with Crippen molar-refractivity contribution in [3.63, 3.8) is 0 Å². The van der Waals surface area contributed by atoms with Crippen LogP contribution in [0.5, 0.6) is 0 Å². The minimum absolute atomic E-state index is 0.0116. The number of nitrogens with zero attached hydrogens (tertiary/aromatic N) is 1. The highest BCUT2D eigenvalue weighted by Gasteiger charge is 2.21. The third kappa shape index (κ3) is 9.69. The van der Waals surface area contributed by atoms with Crippen LogP contribution < -0.4 is 10.5 Å². The van der Waals surface area contributed by atoms with Crippen LogP contribution in [0.1, 0.15) is 53.9 Å². The zero-order valence-electron chi connectivity index (χ0n) is 13.7. The second-order valence-corrected chi connectivity index (χ2v) is 8.18. The van der Waals surface area contributed by atoms with E-state index in [1.807, 2.05) is 6.92 Å². The van der Waals surface area contributed by atoms with Gasteiger partial charge in [0.05, 0.1) is 0 Å². The monoisotopic (exact) mass is 307 g/mol. The van der Waals surface area contributed by atoms with Crippen molar-refractivity contribution >= 4 is 10.2 Å². The Bertz CT molecular complexity index is 328. The largest absolute Gasteiger partial charge is 0.328 e. The first-order valence-corrected chi connectivity index (χ1v) is 9.09. The Hall–Kier alpha value is -0.170. The molecular weight excluding hydrogens is 274 g/mol. The van der Waals surface area contributed by atoms with Gasteiger partial charge in [-0.25, -0.2) is 4.72 Å². The predicted octanol–water partition coefficient (Wildman–Crippen LogP) is 1.95. The van der Waals surface area contributed by atoms with Crippen molar-refractivity contribution < 1.29 is 8.42 Å². The number of nitrogens with two attached hydrogens (primary N) is 1. The van der Waals surface area contributed by atoms with E-state index in [1.54, 1.807) is 4.31 Å². The standard InChI is InChI=1S/C14H33N3O2S/c1-12(2)7-10-17(11-8-13(3)4)20(18,19)16-9-6-14(5)15/h12-14,16H,6-11,15H2,1-5H3. The molecule has 0 bridgehead atoms. The highest BCUT2D eigenvalue weighted by Crippen LogP contribution is 2.09. The van der Waals surface area contributed by atoms with Crippen LogP contribution in [0.2, 0.25) is 0 Å². The SMILES string of the molecule is CC(C)CCN(CCC(C)C)S(=O)(=O)NCCC(C)N. The summed E-state index contributed by atoms with van der Waals surface area (Å²) in [5.41, 5.74) is 5.65. The molecule has 0 fully saturated rings. The van der Waals surface area contributed by atoms with Gasteiger partial charge in [-0.05, 0) is 38.0 Å². The van der Waals surface area contributed by atoms with Gasteiger partial charge < -0.3 is 5.73 Å². The van der Waals surface area contributed by atoms with Crippen molar-refractivity contribution in [2.24, 2.45) is 17.6 Å². The molecule has 1 unspecified atom stereocenters. The fraction of sp³-hybridized carbons (Fsp3) is 1.00. The van der Waals surface area contributed by atoms with E-state index < -0.39 is 10.2 Å². The number of rotatable bonds is 11. The Morgan fingerprint density at radius 3 is 1.75 bits per heavy atom. The zero-order valence-corrected chi connectivity index (χ0v) is 14.5. The molecule has 0 aliphatic heterocycles. The van der Waals surface area contributed by atoms with Crippen molar-refractivity contribution in [3.05, 3.63) is 0 Å². The summed E-state index contributed by atoms with van der Waals surface area (Å²) in [6.45, 7) is 11.9. The van der Waals surface area contributed by atoms with Gasteiger partial charge in [0.25, 0.3) is 10.2 Å². The van der Waals surface area contributed by atoms with Crippen LogP contribution in [0.15, 0.2) is 0 Å². The minimum Gasteiger partial charge on any atom is -0.328 e. The molecule has 0 heterocycles. The summed E-state index contributed by atoms with van der Waals surface area (Å²) in [6.07, 6.45) is 2.42. The summed E-state index contributed by atoms with van der Waals surface area (Å²) in [6, 6.07) is 0.0116. The molecule has 6 heteroatoms. The van der Waals surface area contributed by atoms with E-state index in [0.717, 1.165) is 12.8 Å². The second-order valence-electron chi connectivity index (χ2n) is 6.43. The van der Waals surface area contributed by atoms with E-state index in [2.05, 4.69) is 32.4 Å². The van der Waals surface area contributed by atoms with Crippen molar-refractivity contribution in [2.45, 2.75) is 59.9 Å². The molecule has 3 N–H and O–H groups in total. The molecular formula is C14H33N3O2S. The van der Waals surface area contributed by atoms with Gasteiger partial charge in [0, 0.05) is 25.7 Å². The Morgan fingerprint density at radius 1 is 0.950 bits per heavy atom. The molecule has 5 nitrogen and oxygen atoms in total. The molecule has 0 rings (SSSR count). The molecule has 0 aliphatic rings. The lowest BCUT2D eigenvalue weighted by atomic mass is 10.1. The first-order valence-electron chi connectivity index (χ1n) is 7.65. The fourth-order valence-electron chi connectivity index (χ4n) is 1.66. The lowest BCUT2D eigenvalue weighted by molar-refractivity contribution is 0.352. The van der Waals surface area contributed by atoms with Crippen molar-refractivity contribution in [3.8, 4) is 0 Å². The molecule has 20 heavy (non-hydrogen) atoms. The normalized spacial score (nSPS) is 14.4. The molecule has 0 aromatic heterocycles. The van der Waals surface area contributed by atoms with E-state index in [0.29, 0.717) is 37.9 Å². The second kappa shape index (κ2) is 9.71. The summed E-state index contributed by atoms with van der Waals surface area (Å²) in [7, 11) is -3.38. The third-order valence-electron chi connectivity index (χ3n) is 3.14. The van der Waals surface area contributed by atoms with Crippen LogP contribution >= 0.6 is 0 Å². The van der Waals surface area contributed by atoms with Crippen molar-refractivity contribution in [1.82, 2.24) is 9.03 Å². The van der Waals surface area contributed by atoms with Gasteiger partial charge in [0.2, 0.25) is 0 Å². The third-order valence-corrected chi connectivity index (χ3v) is 4.75. The van der Waals surface area contributed by atoms with E-state index in [9.17, 15) is 8.42 Å². The van der Waals surface area contributed by atoms with Gasteiger partial charge in [-0.3, -0.25) is 0 Å². The molecule has 122 valence electrons. The van der Waals surface area contributed by atoms with Crippen molar-refractivity contribution in [1.29, 1.82) is 0 Å². The molecule has 0 aromatic carbocycles. The number of nitrogens with one attached hydrogen (secondary N) is 1. The highest BCUT2D eigenvalue weighted by atomic mass is 32.2. The first kappa shape index (κ1) is 19.8. The molecule has 0 aromatic rings. The first-order chi connectivity index (χ1) is 9.15. The van der Waals surface area contributed by atoms with E-state index in [1.165, 1.54) is 0 Å². The van der Waals surface area contributed by atoms with Gasteiger partial charge in [-0.1, -0.05) is 27.7 Å². The van der Waals surface area contributed by atoms with E-state index in [4.69, 9.17) is 5.73 Å². The smallest absolute Gasteiger partial charge is 0.279 e. The lowest BCUT2D eigenvalue weighted by Crippen LogP contribution is -2.43. The van der Waals surface area contributed by atoms with Gasteiger partial charge in [0.1, 0.15) is 0 Å². The highest BCUT2D eigenvalue weighted by molar-refractivity contribution is 7.87. The van der Waals surface area contributed by atoms with Gasteiger partial charge in [0.15, 0.2) is 0 Å². The molecule has 1 atom stereocenters. The molecule has 0 amide bonds. The van der Waals surface area contributed by atoms with Crippen molar-refractivity contribution in [2.75, 3.05) is 19.6 Å². The predicted molar refractivity (Wildman–Crippen MR) is 85.7 cm³/mol. The summed E-state index contributed by atoms with van der Waals surface area (Å²) in [5.74, 6) is 0.992. The average molecular weight is 308 g/mol. The van der Waals surface area contributed by atoms with Gasteiger partial charge in [-0.15, -0.1) is 0 Å². The lowest BCUT2D eigenvalue weighted by Gasteiger charge is -2.24. The summed E-state index contributed by atoms with van der Waals surface area (Å²) >= 11 is 0. The number of hydrogen-bond donors (Lipinski definition) is 2. The summed E-state index contributed by atoms with van der Waals surface area (Å²) < 4.78 is 28.9. The molecule has 0 aliphatic carbocycles. The topological polar surface area (TPSA) is 75.4 Å². The molecule has 0 saturated carbocycles. The van der Waals surface area contributed by atoms with Gasteiger partial charge >= 0.3 is 0 Å². The van der Waals surface area contributed by atoms with Crippen LogP contribution in [-0.4, -0.2) is 38.4 Å². The summed E-state index contributed by atoms with van der Waals surface area (Å²) in [5, 5.41) is 0. The maximum absolute atomic E-state index is 12.3. The molecule has 0 saturated heterocycles.